The maximum atomic E-state index is 7.43. The van der Waals surface area contributed by atoms with Crippen molar-refractivity contribution in [3.8, 4) is 0 Å². The van der Waals surface area contributed by atoms with E-state index in [9.17, 15) is 0 Å². The molecule has 1 aliphatic heterocycles. The zero-order chi connectivity index (χ0) is 8.10. The van der Waals surface area contributed by atoms with E-state index in [0.29, 0.717) is 5.71 Å². The molecule has 0 aromatic rings. The Balaban J connectivity index is 2.72. The maximum absolute atomic E-state index is 7.43. The van der Waals surface area contributed by atoms with Gasteiger partial charge in [-0.1, -0.05) is 12.2 Å². The average molecular weight is 167 g/mol. The molecule has 3 heteroatoms. The molecule has 0 saturated heterocycles. The van der Waals surface area contributed by atoms with E-state index >= 15 is 0 Å². The van der Waals surface area contributed by atoms with Crippen LogP contribution in [0.4, 0.5) is 0 Å². The van der Waals surface area contributed by atoms with E-state index in [-0.39, 0.29) is 0 Å². The molecule has 0 unspecified atom stereocenters. The monoisotopic (exact) mass is 167 g/mol. The van der Waals surface area contributed by atoms with Crippen LogP contribution >= 0.6 is 12.0 Å². The predicted molar refractivity (Wildman–Crippen MR) is 48.4 cm³/mol. The fourth-order valence-electron chi connectivity index (χ4n) is 0.604. The van der Waals surface area contributed by atoms with Crippen molar-refractivity contribution in [1.82, 2.24) is 0 Å². The smallest absolute Gasteiger partial charge is 0.104 e. The van der Waals surface area contributed by atoms with E-state index in [1.54, 1.807) is 6.08 Å². The predicted octanol–water partition coefficient (Wildman–Crippen LogP) is 2.66. The largest absolute Gasteiger partial charge is 0.428 e. The van der Waals surface area contributed by atoms with Gasteiger partial charge >= 0.3 is 0 Å². The van der Waals surface area contributed by atoms with Gasteiger partial charge in [0.05, 0.1) is 22.7 Å². The van der Waals surface area contributed by atoms with E-state index in [0.717, 1.165) is 4.91 Å². The normalized spacial score (nSPS) is 21.2. The van der Waals surface area contributed by atoms with Crippen molar-refractivity contribution in [2.45, 2.75) is 6.92 Å². The lowest BCUT2D eigenvalue weighted by atomic mass is 10.3. The highest BCUT2D eigenvalue weighted by Crippen LogP contribution is 2.23. The molecule has 2 nitrogen and oxygen atoms in total. The molecule has 0 radical (unpaired) electrons. The van der Waals surface area contributed by atoms with Crippen LogP contribution in [0.3, 0.4) is 0 Å². The Hall–Kier alpha value is -0.960. The Bertz CT molecular complexity index is 240. The second-order valence-corrected chi connectivity index (χ2v) is 2.75. The molecule has 0 atom stereocenters. The molecule has 1 heterocycles. The number of hydrogen-bond acceptors (Lipinski definition) is 3. The SMILES string of the molecule is CC=C/C=C1/SOC=CC1=N. The summed E-state index contributed by atoms with van der Waals surface area (Å²) in [5.41, 5.74) is 0.499. The second-order valence-electron chi connectivity index (χ2n) is 1.95. The molecule has 0 bridgehead atoms. The summed E-state index contributed by atoms with van der Waals surface area (Å²) in [6.45, 7) is 1.94. The molecular weight excluding hydrogens is 158 g/mol. The first-order valence-electron chi connectivity index (χ1n) is 3.26. The van der Waals surface area contributed by atoms with Crippen LogP contribution in [-0.4, -0.2) is 5.71 Å². The molecule has 0 spiro atoms. The van der Waals surface area contributed by atoms with Crippen LogP contribution < -0.4 is 0 Å². The van der Waals surface area contributed by atoms with Crippen LogP contribution in [0.2, 0.25) is 0 Å². The van der Waals surface area contributed by atoms with Gasteiger partial charge in [-0.05, 0) is 13.0 Å². The summed E-state index contributed by atoms with van der Waals surface area (Å²) in [5.74, 6) is 0. The molecule has 1 rings (SSSR count). The average Bonchev–Trinajstić information content (AvgIpc) is 2.03. The van der Waals surface area contributed by atoms with Gasteiger partial charge in [-0.15, -0.1) is 0 Å². The number of nitrogens with one attached hydrogen (secondary N) is 1. The molecule has 0 aliphatic carbocycles. The third-order valence-corrected chi connectivity index (χ3v) is 1.88. The molecule has 0 aromatic carbocycles. The van der Waals surface area contributed by atoms with Gasteiger partial charge in [0.25, 0.3) is 0 Å². The lowest BCUT2D eigenvalue weighted by Gasteiger charge is -2.07. The van der Waals surface area contributed by atoms with E-state index in [4.69, 9.17) is 9.59 Å². The van der Waals surface area contributed by atoms with Crippen LogP contribution in [0.1, 0.15) is 6.92 Å². The van der Waals surface area contributed by atoms with Gasteiger partial charge in [-0.25, -0.2) is 0 Å². The highest BCUT2D eigenvalue weighted by Gasteiger charge is 2.06. The molecular formula is C8H9NOS. The van der Waals surface area contributed by atoms with Crippen molar-refractivity contribution in [3.05, 3.63) is 35.5 Å². The minimum absolute atomic E-state index is 0.499. The zero-order valence-corrected chi connectivity index (χ0v) is 7.02. The number of hydrogen-bond donors (Lipinski definition) is 1. The minimum Gasteiger partial charge on any atom is -0.428 e. The lowest BCUT2D eigenvalue weighted by molar-refractivity contribution is 0.569. The summed E-state index contributed by atoms with van der Waals surface area (Å²) in [5, 5.41) is 7.43. The topological polar surface area (TPSA) is 33.1 Å². The van der Waals surface area contributed by atoms with Gasteiger partial charge in [0.15, 0.2) is 0 Å². The highest BCUT2D eigenvalue weighted by atomic mass is 32.2. The standard InChI is InChI=1S/C8H9NOS/c1-2-3-4-8-7(9)5-6-10-11-8/h2-6,9H,1H3/b3-2?,8-4+,9-7?. The van der Waals surface area contributed by atoms with Gasteiger partial charge in [-0.3, -0.25) is 5.41 Å². The molecule has 0 fully saturated rings. The fraction of sp³-hybridized carbons (Fsp3) is 0.125. The van der Waals surface area contributed by atoms with Crippen molar-refractivity contribution in [2.24, 2.45) is 0 Å². The summed E-state index contributed by atoms with van der Waals surface area (Å²) in [7, 11) is 0. The van der Waals surface area contributed by atoms with Crippen molar-refractivity contribution in [3.63, 3.8) is 0 Å². The minimum atomic E-state index is 0.499. The summed E-state index contributed by atoms with van der Waals surface area (Å²) in [6, 6.07) is 0. The fourth-order valence-corrected chi connectivity index (χ4v) is 1.11. The summed E-state index contributed by atoms with van der Waals surface area (Å²) in [6.07, 6.45) is 8.81. The molecule has 1 N–H and O–H groups in total. The summed E-state index contributed by atoms with van der Waals surface area (Å²) < 4.78 is 4.94. The Morgan fingerprint density at radius 2 is 2.45 bits per heavy atom. The van der Waals surface area contributed by atoms with E-state index in [1.165, 1.54) is 18.3 Å². The zero-order valence-electron chi connectivity index (χ0n) is 6.20. The third kappa shape index (κ3) is 2.27. The number of allylic oxidation sites excluding steroid dienone is 5. The summed E-state index contributed by atoms with van der Waals surface area (Å²) >= 11 is 1.21. The Kier molecular flexibility index (Phi) is 2.98. The van der Waals surface area contributed by atoms with Crippen molar-refractivity contribution >= 4 is 17.8 Å². The lowest BCUT2D eigenvalue weighted by Crippen LogP contribution is -1.97. The Morgan fingerprint density at radius 3 is 3.09 bits per heavy atom. The Morgan fingerprint density at radius 1 is 1.64 bits per heavy atom. The molecule has 11 heavy (non-hydrogen) atoms. The summed E-state index contributed by atoms with van der Waals surface area (Å²) in [4.78, 5) is 0.839. The van der Waals surface area contributed by atoms with Crippen LogP contribution in [0.5, 0.6) is 0 Å². The molecule has 0 aromatic heterocycles. The first-order valence-corrected chi connectivity index (χ1v) is 4.00. The molecule has 1 aliphatic rings. The molecule has 0 saturated carbocycles. The highest BCUT2D eigenvalue weighted by molar-refractivity contribution is 7.99. The van der Waals surface area contributed by atoms with Crippen LogP contribution in [0.25, 0.3) is 0 Å². The number of rotatable bonds is 1. The van der Waals surface area contributed by atoms with Crippen LogP contribution in [0, 0.1) is 5.41 Å². The van der Waals surface area contributed by atoms with Gasteiger partial charge in [0, 0.05) is 6.08 Å². The van der Waals surface area contributed by atoms with Crippen LogP contribution in [0.15, 0.2) is 35.5 Å². The van der Waals surface area contributed by atoms with Crippen molar-refractivity contribution in [1.29, 1.82) is 5.41 Å². The van der Waals surface area contributed by atoms with Crippen LogP contribution in [-0.2, 0) is 4.18 Å². The molecule has 58 valence electrons. The Labute approximate surface area is 70.4 Å². The van der Waals surface area contributed by atoms with E-state index < -0.39 is 0 Å². The van der Waals surface area contributed by atoms with Gasteiger partial charge in [0.1, 0.15) is 6.26 Å². The molecule has 0 amide bonds. The van der Waals surface area contributed by atoms with E-state index in [1.807, 2.05) is 25.2 Å². The first-order chi connectivity index (χ1) is 5.34. The third-order valence-electron chi connectivity index (χ3n) is 1.13. The van der Waals surface area contributed by atoms with Crippen molar-refractivity contribution < 1.29 is 4.18 Å². The maximum Gasteiger partial charge on any atom is 0.104 e. The van der Waals surface area contributed by atoms with Gasteiger partial charge in [0.2, 0.25) is 0 Å². The van der Waals surface area contributed by atoms with Crippen molar-refractivity contribution in [2.75, 3.05) is 0 Å². The van der Waals surface area contributed by atoms with Gasteiger partial charge in [-0.2, -0.15) is 0 Å². The first kappa shape index (κ1) is 8.14. The van der Waals surface area contributed by atoms with Gasteiger partial charge < -0.3 is 4.18 Å². The second kappa shape index (κ2) is 4.03. The van der Waals surface area contributed by atoms with E-state index in [2.05, 4.69) is 0 Å². The quantitative estimate of drug-likeness (QED) is 0.609.